The van der Waals surface area contributed by atoms with Crippen LogP contribution in [0.3, 0.4) is 0 Å². The van der Waals surface area contributed by atoms with Gasteiger partial charge in [-0.05, 0) is 55.0 Å². The molecule has 1 aromatic heterocycles. The SMILES string of the molecule is CC(C)(C)OC(=O)N1C(C(=O)Nc2cncc(Br)n2)CC2(C)CC12. The molecular formula is C16H21BrN4O3. The molecule has 0 bridgehead atoms. The summed E-state index contributed by atoms with van der Waals surface area (Å²) >= 11 is 3.22. The van der Waals surface area contributed by atoms with Crippen LogP contribution in [-0.4, -0.2) is 44.6 Å². The van der Waals surface area contributed by atoms with Gasteiger partial charge in [-0.1, -0.05) is 6.92 Å². The van der Waals surface area contributed by atoms with Gasteiger partial charge in [-0.15, -0.1) is 0 Å². The molecule has 1 N–H and O–H groups in total. The van der Waals surface area contributed by atoms with Crippen LogP contribution in [0.25, 0.3) is 0 Å². The number of nitrogens with one attached hydrogen (secondary N) is 1. The minimum absolute atomic E-state index is 0.00185. The predicted octanol–water partition coefficient (Wildman–Crippen LogP) is 2.97. The Morgan fingerprint density at radius 2 is 2.08 bits per heavy atom. The summed E-state index contributed by atoms with van der Waals surface area (Å²) in [7, 11) is 0. The minimum Gasteiger partial charge on any atom is -0.444 e. The molecule has 8 heteroatoms. The monoisotopic (exact) mass is 396 g/mol. The van der Waals surface area contributed by atoms with Gasteiger partial charge in [-0.2, -0.15) is 0 Å². The molecule has 2 aliphatic rings. The number of amides is 2. The third-order valence-corrected chi connectivity index (χ3v) is 4.78. The Morgan fingerprint density at radius 1 is 1.38 bits per heavy atom. The third-order valence-electron chi connectivity index (χ3n) is 4.40. The number of fused-ring (bicyclic) bond motifs is 1. The van der Waals surface area contributed by atoms with Gasteiger partial charge in [0.2, 0.25) is 5.91 Å². The predicted molar refractivity (Wildman–Crippen MR) is 91.4 cm³/mol. The highest BCUT2D eigenvalue weighted by molar-refractivity contribution is 9.10. The largest absolute Gasteiger partial charge is 0.444 e. The maximum Gasteiger partial charge on any atom is 0.411 e. The zero-order valence-electron chi connectivity index (χ0n) is 14.2. The van der Waals surface area contributed by atoms with Crippen molar-refractivity contribution in [3.63, 3.8) is 0 Å². The molecule has 2 fully saturated rings. The van der Waals surface area contributed by atoms with E-state index in [1.165, 1.54) is 12.4 Å². The molecule has 1 saturated carbocycles. The van der Waals surface area contributed by atoms with E-state index in [0.717, 1.165) is 6.42 Å². The first-order valence-corrected chi connectivity index (χ1v) is 8.68. The van der Waals surface area contributed by atoms with Crippen molar-refractivity contribution < 1.29 is 14.3 Å². The van der Waals surface area contributed by atoms with E-state index in [-0.39, 0.29) is 17.4 Å². The Bertz CT molecular complexity index is 690. The van der Waals surface area contributed by atoms with E-state index in [0.29, 0.717) is 16.8 Å². The minimum atomic E-state index is -0.595. The number of piperidine rings is 1. The Labute approximate surface area is 149 Å². The van der Waals surface area contributed by atoms with E-state index in [1.807, 2.05) is 20.8 Å². The number of aromatic nitrogens is 2. The van der Waals surface area contributed by atoms with Crippen LogP contribution in [0.4, 0.5) is 10.6 Å². The summed E-state index contributed by atoms with van der Waals surface area (Å²) in [4.78, 5) is 34.9. The first kappa shape index (κ1) is 17.1. The molecule has 7 nitrogen and oxygen atoms in total. The van der Waals surface area contributed by atoms with Crippen molar-refractivity contribution in [2.24, 2.45) is 5.41 Å². The number of hydrogen-bond acceptors (Lipinski definition) is 5. The number of likely N-dealkylation sites (tertiary alicyclic amines) is 1. The van der Waals surface area contributed by atoms with E-state index in [1.54, 1.807) is 4.90 Å². The molecule has 3 atom stereocenters. The number of carbonyl (C=O) groups is 2. The highest BCUT2D eigenvalue weighted by Gasteiger charge is 2.65. The lowest BCUT2D eigenvalue weighted by molar-refractivity contribution is -0.121. The molecule has 130 valence electrons. The fraction of sp³-hybridized carbons (Fsp3) is 0.625. The van der Waals surface area contributed by atoms with E-state index in [2.05, 4.69) is 38.1 Å². The Kier molecular flexibility index (Phi) is 4.06. The first-order chi connectivity index (χ1) is 11.1. The molecular weight excluding hydrogens is 376 g/mol. The normalized spacial score (nSPS) is 28.3. The number of halogens is 1. The van der Waals surface area contributed by atoms with Crippen molar-refractivity contribution in [3.8, 4) is 0 Å². The van der Waals surface area contributed by atoms with Gasteiger partial charge in [-0.25, -0.2) is 9.78 Å². The number of carbonyl (C=O) groups excluding carboxylic acids is 2. The standard InChI is InChI=1S/C16H21BrN4O3/c1-15(2,3)24-14(23)21-9(5-16(4)6-10(16)21)13(22)20-12-8-18-7-11(17)19-12/h7-10H,5-6H2,1-4H3,(H,19,20,22). The average molecular weight is 397 g/mol. The van der Waals surface area contributed by atoms with E-state index in [9.17, 15) is 9.59 Å². The summed E-state index contributed by atoms with van der Waals surface area (Å²) in [5, 5.41) is 2.74. The number of ether oxygens (including phenoxy) is 1. The van der Waals surface area contributed by atoms with Gasteiger partial charge in [-0.3, -0.25) is 14.7 Å². The van der Waals surface area contributed by atoms with Gasteiger partial charge in [0.1, 0.15) is 16.2 Å². The van der Waals surface area contributed by atoms with Crippen LogP contribution in [-0.2, 0) is 9.53 Å². The lowest BCUT2D eigenvalue weighted by Crippen LogP contribution is -2.47. The lowest BCUT2D eigenvalue weighted by Gasteiger charge is -2.29. The van der Waals surface area contributed by atoms with Gasteiger partial charge in [0.25, 0.3) is 0 Å². The van der Waals surface area contributed by atoms with Crippen LogP contribution >= 0.6 is 15.9 Å². The summed E-state index contributed by atoms with van der Waals surface area (Å²) in [5.41, 5.74) is -0.594. The van der Waals surface area contributed by atoms with E-state index >= 15 is 0 Å². The smallest absolute Gasteiger partial charge is 0.411 e. The molecule has 1 saturated heterocycles. The van der Waals surface area contributed by atoms with Crippen molar-refractivity contribution in [1.29, 1.82) is 0 Å². The lowest BCUT2D eigenvalue weighted by atomic mass is 10.0. The molecule has 1 aliphatic carbocycles. The molecule has 1 aromatic rings. The fourth-order valence-corrected chi connectivity index (χ4v) is 3.50. The van der Waals surface area contributed by atoms with Crippen LogP contribution in [0.1, 0.15) is 40.5 Å². The summed E-state index contributed by atoms with van der Waals surface area (Å²) in [6, 6.07) is -0.485. The van der Waals surface area contributed by atoms with Gasteiger partial charge in [0.15, 0.2) is 5.82 Å². The Hall–Kier alpha value is -1.70. The average Bonchev–Trinajstić information content (AvgIpc) is 2.98. The third kappa shape index (κ3) is 3.38. The van der Waals surface area contributed by atoms with Gasteiger partial charge < -0.3 is 10.1 Å². The van der Waals surface area contributed by atoms with Crippen LogP contribution < -0.4 is 5.32 Å². The van der Waals surface area contributed by atoms with E-state index < -0.39 is 17.7 Å². The second kappa shape index (κ2) is 5.68. The second-order valence-electron chi connectivity index (χ2n) is 7.70. The second-order valence-corrected chi connectivity index (χ2v) is 8.51. The van der Waals surface area contributed by atoms with E-state index in [4.69, 9.17) is 4.74 Å². The number of hydrogen-bond donors (Lipinski definition) is 1. The van der Waals surface area contributed by atoms with Crippen molar-refractivity contribution in [3.05, 3.63) is 17.0 Å². The van der Waals surface area contributed by atoms with Crippen LogP contribution in [0.2, 0.25) is 0 Å². The molecule has 2 heterocycles. The molecule has 1 aliphatic heterocycles. The summed E-state index contributed by atoms with van der Waals surface area (Å²) in [6.07, 6.45) is 4.11. The first-order valence-electron chi connectivity index (χ1n) is 7.89. The van der Waals surface area contributed by atoms with Gasteiger partial charge in [0.05, 0.1) is 12.4 Å². The Morgan fingerprint density at radius 3 is 2.71 bits per heavy atom. The molecule has 24 heavy (non-hydrogen) atoms. The van der Waals surface area contributed by atoms with Crippen LogP contribution in [0.15, 0.2) is 17.0 Å². The summed E-state index contributed by atoms with van der Waals surface area (Å²) in [6.45, 7) is 7.55. The quantitative estimate of drug-likeness (QED) is 0.830. The molecule has 0 radical (unpaired) electrons. The number of anilines is 1. The molecule has 3 rings (SSSR count). The molecule has 0 spiro atoms. The molecule has 3 unspecified atom stereocenters. The molecule has 0 aromatic carbocycles. The van der Waals surface area contributed by atoms with Crippen LogP contribution in [0, 0.1) is 5.41 Å². The zero-order chi connectivity index (χ0) is 17.7. The van der Waals surface area contributed by atoms with Crippen molar-refractivity contribution in [2.75, 3.05) is 5.32 Å². The maximum absolute atomic E-state index is 12.7. The topological polar surface area (TPSA) is 84.4 Å². The zero-order valence-corrected chi connectivity index (χ0v) is 15.8. The van der Waals surface area contributed by atoms with Gasteiger partial charge in [0, 0.05) is 6.04 Å². The fourth-order valence-electron chi connectivity index (χ4n) is 3.19. The number of rotatable bonds is 2. The van der Waals surface area contributed by atoms with Gasteiger partial charge >= 0.3 is 6.09 Å². The van der Waals surface area contributed by atoms with Crippen molar-refractivity contribution in [1.82, 2.24) is 14.9 Å². The number of nitrogens with zero attached hydrogens (tertiary/aromatic N) is 3. The van der Waals surface area contributed by atoms with Crippen molar-refractivity contribution in [2.45, 2.75) is 58.2 Å². The Balaban J connectivity index is 1.75. The summed E-state index contributed by atoms with van der Waals surface area (Å²) in [5.74, 6) is 0.0888. The highest BCUT2D eigenvalue weighted by Crippen LogP contribution is 2.59. The summed E-state index contributed by atoms with van der Waals surface area (Å²) < 4.78 is 6.02. The van der Waals surface area contributed by atoms with Crippen LogP contribution in [0.5, 0.6) is 0 Å². The van der Waals surface area contributed by atoms with Crippen molar-refractivity contribution >= 4 is 33.7 Å². The maximum atomic E-state index is 12.7. The molecule has 2 amide bonds. The highest BCUT2D eigenvalue weighted by atomic mass is 79.9.